The molecule has 0 saturated carbocycles. The van der Waals surface area contributed by atoms with Gasteiger partial charge in [-0.3, -0.25) is 0 Å². The molecule has 94 valence electrons. The largest absolute Gasteiger partial charge is 1.00 e. The van der Waals surface area contributed by atoms with Crippen LogP contribution in [0.3, 0.4) is 0 Å². The molecule has 0 bridgehead atoms. The van der Waals surface area contributed by atoms with Crippen LogP contribution in [-0.4, -0.2) is 34.5 Å². The first-order chi connectivity index (χ1) is 7.99. The zero-order chi connectivity index (χ0) is 13.3. The van der Waals surface area contributed by atoms with Gasteiger partial charge in [0, 0.05) is 0 Å². The summed E-state index contributed by atoms with van der Waals surface area (Å²) in [5, 5.41) is 31.4. The fourth-order valence-corrected chi connectivity index (χ4v) is 0.846. The summed E-state index contributed by atoms with van der Waals surface area (Å²) in [6.07, 6.45) is 0. The minimum absolute atomic E-state index is 0. The van der Waals surface area contributed by atoms with Crippen molar-refractivity contribution in [3.05, 3.63) is 29.8 Å². The number of carbonyl (C=O) groups is 1. The van der Waals surface area contributed by atoms with Crippen molar-refractivity contribution in [1.29, 1.82) is 0 Å². The van der Waals surface area contributed by atoms with Crippen molar-refractivity contribution in [2.75, 3.05) is 6.07 Å². The van der Waals surface area contributed by atoms with Gasteiger partial charge < -0.3 is 25.1 Å². The average molecular weight is 286 g/mol. The van der Waals surface area contributed by atoms with E-state index in [2.05, 4.69) is 9.78 Å². The van der Waals surface area contributed by atoms with Crippen molar-refractivity contribution in [2.24, 2.45) is 0 Å². The number of carboxylic acid groups (broad SMARTS) is 1. The third-order valence-corrected chi connectivity index (χ3v) is 1.40. The van der Waals surface area contributed by atoms with Gasteiger partial charge in [0.1, 0.15) is 5.56 Å². The Balaban J connectivity index is 0. The first-order valence-electron chi connectivity index (χ1n) is 4.18. The van der Waals surface area contributed by atoms with E-state index in [4.69, 9.17) is 31.8 Å². The maximum absolute atomic E-state index is 10.6. The molecule has 0 radical (unpaired) electrons. The molecule has 0 heterocycles. The monoisotopic (exact) mass is 286 g/mol. The number of aromatic carboxylic acids is 1. The molecular formula is C8H9BClNaO7. The second kappa shape index (κ2) is 11.8. The number of benzene rings is 1. The van der Waals surface area contributed by atoms with Crippen LogP contribution in [0.15, 0.2) is 24.3 Å². The van der Waals surface area contributed by atoms with Crippen LogP contribution in [0.1, 0.15) is 10.4 Å². The fraction of sp³-hybridized carbons (Fsp3) is 0.125. The molecule has 18 heavy (non-hydrogen) atoms. The molecule has 0 aliphatic rings. The summed E-state index contributed by atoms with van der Waals surface area (Å²) in [7, 11) is -2.42. The van der Waals surface area contributed by atoms with Crippen molar-refractivity contribution in [3.8, 4) is 5.75 Å². The molecule has 1 rings (SSSR count). The van der Waals surface area contributed by atoms with Gasteiger partial charge in [-0.25, -0.2) is 4.79 Å². The van der Waals surface area contributed by atoms with Crippen LogP contribution in [0.5, 0.6) is 5.75 Å². The summed E-state index contributed by atoms with van der Waals surface area (Å²) in [6.45, 7) is 0. The SMILES string of the molecule is O=C(O)c1ccccc1OOCCl.[Na+].[O-]B(O)O. The molecule has 0 aromatic heterocycles. The van der Waals surface area contributed by atoms with Crippen molar-refractivity contribution in [1.82, 2.24) is 0 Å². The molecule has 1 aromatic rings. The second-order valence-electron chi connectivity index (χ2n) is 2.44. The molecule has 7 nitrogen and oxygen atoms in total. The van der Waals surface area contributed by atoms with E-state index in [1.54, 1.807) is 12.1 Å². The van der Waals surface area contributed by atoms with Gasteiger partial charge in [0.05, 0.1) is 0 Å². The molecule has 0 unspecified atom stereocenters. The Labute approximate surface area is 130 Å². The maximum Gasteiger partial charge on any atom is 1.00 e. The number of carboxylic acids is 1. The smallest absolute Gasteiger partial charge is 0.832 e. The van der Waals surface area contributed by atoms with Gasteiger partial charge in [-0.2, -0.15) is 4.89 Å². The quantitative estimate of drug-likeness (QED) is 0.225. The van der Waals surface area contributed by atoms with Crippen LogP contribution in [0.25, 0.3) is 0 Å². The molecule has 0 aliphatic carbocycles. The third-order valence-electron chi connectivity index (χ3n) is 1.31. The minimum atomic E-state index is -2.42. The van der Waals surface area contributed by atoms with Crippen molar-refractivity contribution < 1.29 is 64.3 Å². The molecule has 0 atom stereocenters. The van der Waals surface area contributed by atoms with Gasteiger partial charge >= 0.3 is 42.8 Å². The van der Waals surface area contributed by atoms with Crippen LogP contribution < -0.4 is 39.5 Å². The van der Waals surface area contributed by atoms with Crippen molar-refractivity contribution in [3.63, 3.8) is 0 Å². The van der Waals surface area contributed by atoms with Crippen LogP contribution in [0.4, 0.5) is 0 Å². The zero-order valence-electron chi connectivity index (χ0n) is 9.45. The van der Waals surface area contributed by atoms with Crippen LogP contribution >= 0.6 is 11.6 Å². The van der Waals surface area contributed by atoms with E-state index in [9.17, 15) is 4.79 Å². The number of halogens is 1. The number of alkyl halides is 1. The van der Waals surface area contributed by atoms with Gasteiger partial charge in [-0.05, 0) is 12.1 Å². The van der Waals surface area contributed by atoms with E-state index >= 15 is 0 Å². The Bertz CT molecular complexity index is 349. The van der Waals surface area contributed by atoms with E-state index < -0.39 is 13.3 Å². The van der Waals surface area contributed by atoms with Crippen LogP contribution in [-0.2, 0) is 4.89 Å². The third kappa shape index (κ3) is 9.69. The molecular weight excluding hydrogens is 277 g/mol. The number of para-hydroxylation sites is 1. The Morgan fingerprint density at radius 2 is 1.89 bits per heavy atom. The van der Waals surface area contributed by atoms with E-state index in [0.29, 0.717) is 0 Å². The first-order valence-corrected chi connectivity index (χ1v) is 4.72. The van der Waals surface area contributed by atoms with E-state index in [1.807, 2.05) is 0 Å². The molecule has 1 aromatic carbocycles. The molecule has 0 saturated heterocycles. The van der Waals surface area contributed by atoms with E-state index in [-0.39, 0.29) is 46.9 Å². The fourth-order valence-electron chi connectivity index (χ4n) is 0.802. The minimum Gasteiger partial charge on any atom is -0.832 e. The molecule has 0 amide bonds. The average Bonchev–Trinajstić information content (AvgIpc) is 2.25. The van der Waals surface area contributed by atoms with Gasteiger partial charge in [-0.1, -0.05) is 23.7 Å². The Kier molecular flexibility index (Phi) is 13.1. The van der Waals surface area contributed by atoms with E-state index in [0.717, 1.165) is 0 Å². The van der Waals surface area contributed by atoms with E-state index in [1.165, 1.54) is 12.1 Å². The summed E-state index contributed by atoms with van der Waals surface area (Å²) in [6, 6.07) is 5.97. The Morgan fingerprint density at radius 1 is 1.39 bits per heavy atom. The topological polar surface area (TPSA) is 119 Å². The van der Waals surface area contributed by atoms with Crippen molar-refractivity contribution in [2.45, 2.75) is 0 Å². The molecule has 0 fully saturated rings. The number of hydrogen-bond acceptors (Lipinski definition) is 6. The number of rotatable bonds is 4. The Hall–Kier alpha value is -0.315. The summed E-state index contributed by atoms with van der Waals surface area (Å²) in [5.41, 5.74) is 0.0348. The molecule has 0 spiro atoms. The summed E-state index contributed by atoms with van der Waals surface area (Å²) < 4.78 is 0. The van der Waals surface area contributed by atoms with Gasteiger partial charge in [0.2, 0.25) is 0 Å². The molecule has 0 aliphatic heterocycles. The summed E-state index contributed by atoms with van der Waals surface area (Å²) in [5.74, 6) is -0.940. The standard InChI is InChI=1S/C8H7ClO4.BH2O3.Na/c9-5-12-13-7-4-2-1-3-6(7)8(10)11;2-1(3)4;/h1-4H,5H2,(H,10,11);2-3H;/q;-1;+1. The van der Waals surface area contributed by atoms with Gasteiger partial charge in [0.25, 0.3) is 0 Å². The summed E-state index contributed by atoms with van der Waals surface area (Å²) in [4.78, 5) is 19.7. The first kappa shape index (κ1) is 20.0. The Morgan fingerprint density at radius 3 is 2.33 bits per heavy atom. The number of hydrogen-bond donors (Lipinski definition) is 3. The van der Waals surface area contributed by atoms with Gasteiger partial charge in [0.15, 0.2) is 11.8 Å². The van der Waals surface area contributed by atoms with Crippen LogP contribution in [0, 0.1) is 0 Å². The van der Waals surface area contributed by atoms with Crippen molar-refractivity contribution >= 4 is 24.9 Å². The zero-order valence-corrected chi connectivity index (χ0v) is 12.2. The maximum atomic E-state index is 10.6. The van der Waals surface area contributed by atoms with Crippen LogP contribution in [0.2, 0.25) is 0 Å². The van der Waals surface area contributed by atoms with Gasteiger partial charge in [-0.15, -0.1) is 0 Å². The predicted octanol–water partition coefficient (Wildman–Crippen LogP) is -3.79. The predicted molar refractivity (Wildman–Crippen MR) is 56.0 cm³/mol. The normalized spacial score (nSPS) is 8.44. The molecule has 10 heteroatoms. The molecule has 3 N–H and O–H groups in total. The summed E-state index contributed by atoms with van der Waals surface area (Å²) >= 11 is 5.19. The second-order valence-corrected chi connectivity index (χ2v) is 2.66.